The van der Waals surface area contributed by atoms with E-state index in [4.69, 9.17) is 4.52 Å². The molecule has 1 fully saturated rings. The number of aromatic nitrogens is 1. The molecule has 0 aliphatic heterocycles. The third-order valence-corrected chi connectivity index (χ3v) is 4.68. The Balaban J connectivity index is 1.79. The summed E-state index contributed by atoms with van der Waals surface area (Å²) in [5, 5.41) is 7.50. The number of rotatable bonds is 7. The van der Waals surface area contributed by atoms with Crippen LogP contribution in [0.4, 0.5) is 0 Å². The molecule has 0 aromatic carbocycles. The SMILES string of the molecule is CCCNCc1cc(CN(C)C2CCC(C)(C)CC2)on1. The van der Waals surface area contributed by atoms with Crippen molar-refractivity contribution in [3.63, 3.8) is 0 Å². The lowest BCUT2D eigenvalue weighted by molar-refractivity contribution is 0.115. The second-order valence-corrected chi connectivity index (χ2v) is 7.27. The molecule has 1 heterocycles. The van der Waals surface area contributed by atoms with Crippen molar-refractivity contribution >= 4 is 0 Å². The van der Waals surface area contributed by atoms with E-state index < -0.39 is 0 Å². The minimum absolute atomic E-state index is 0.529. The maximum atomic E-state index is 5.47. The van der Waals surface area contributed by atoms with Gasteiger partial charge in [0.1, 0.15) is 0 Å². The topological polar surface area (TPSA) is 41.3 Å². The summed E-state index contributed by atoms with van der Waals surface area (Å²) in [6.07, 6.45) is 6.38. The average Bonchev–Trinajstić information content (AvgIpc) is 2.86. The minimum atomic E-state index is 0.529. The monoisotopic (exact) mass is 293 g/mol. The maximum Gasteiger partial charge on any atom is 0.151 e. The molecule has 1 saturated carbocycles. The Kier molecular flexibility index (Phi) is 5.82. The normalized spacial score (nSPS) is 19.3. The van der Waals surface area contributed by atoms with E-state index >= 15 is 0 Å². The summed E-state index contributed by atoms with van der Waals surface area (Å²) in [5.74, 6) is 0.982. The molecular weight excluding hydrogens is 262 g/mol. The molecule has 1 aromatic rings. The zero-order chi connectivity index (χ0) is 15.3. The molecule has 0 radical (unpaired) electrons. The van der Waals surface area contributed by atoms with Crippen LogP contribution in [0.15, 0.2) is 10.6 Å². The third-order valence-electron chi connectivity index (χ3n) is 4.68. The van der Waals surface area contributed by atoms with Gasteiger partial charge in [-0.05, 0) is 51.1 Å². The molecule has 0 spiro atoms. The van der Waals surface area contributed by atoms with Crippen molar-refractivity contribution in [2.45, 2.75) is 72.0 Å². The van der Waals surface area contributed by atoms with Crippen LogP contribution >= 0.6 is 0 Å². The minimum Gasteiger partial charge on any atom is -0.360 e. The van der Waals surface area contributed by atoms with Crippen LogP contribution < -0.4 is 5.32 Å². The van der Waals surface area contributed by atoms with Crippen LogP contribution in [-0.2, 0) is 13.1 Å². The fraction of sp³-hybridized carbons (Fsp3) is 0.824. The zero-order valence-electron chi connectivity index (χ0n) is 14.1. The van der Waals surface area contributed by atoms with Crippen molar-refractivity contribution < 1.29 is 4.52 Å². The van der Waals surface area contributed by atoms with Gasteiger partial charge in [0.15, 0.2) is 5.76 Å². The van der Waals surface area contributed by atoms with Crippen LogP contribution in [0.1, 0.15) is 64.3 Å². The predicted octanol–water partition coefficient (Wildman–Crippen LogP) is 3.57. The summed E-state index contributed by atoms with van der Waals surface area (Å²) in [7, 11) is 2.21. The predicted molar refractivity (Wildman–Crippen MR) is 86.0 cm³/mol. The Morgan fingerprint density at radius 2 is 2.10 bits per heavy atom. The summed E-state index contributed by atoms with van der Waals surface area (Å²) < 4.78 is 5.47. The van der Waals surface area contributed by atoms with Crippen molar-refractivity contribution in [3.05, 3.63) is 17.5 Å². The first-order valence-electron chi connectivity index (χ1n) is 8.35. The molecule has 0 bridgehead atoms. The summed E-state index contributed by atoms with van der Waals surface area (Å²) >= 11 is 0. The standard InChI is InChI=1S/C17H31N3O/c1-5-10-18-12-14-11-16(21-19-14)13-20(4)15-6-8-17(2,3)9-7-15/h11,15,18H,5-10,12-13H2,1-4H3. The van der Waals surface area contributed by atoms with Crippen molar-refractivity contribution in [1.82, 2.24) is 15.4 Å². The molecule has 4 nitrogen and oxygen atoms in total. The Morgan fingerprint density at radius 1 is 1.38 bits per heavy atom. The second-order valence-electron chi connectivity index (χ2n) is 7.27. The van der Waals surface area contributed by atoms with Gasteiger partial charge in [0.25, 0.3) is 0 Å². The van der Waals surface area contributed by atoms with Gasteiger partial charge in [0.2, 0.25) is 0 Å². The van der Waals surface area contributed by atoms with Gasteiger partial charge in [0, 0.05) is 18.7 Å². The summed E-state index contributed by atoms with van der Waals surface area (Å²) in [6, 6.07) is 2.77. The Bertz CT molecular complexity index is 417. The van der Waals surface area contributed by atoms with E-state index in [0.29, 0.717) is 11.5 Å². The lowest BCUT2D eigenvalue weighted by Gasteiger charge is -2.38. The first-order valence-corrected chi connectivity index (χ1v) is 8.35. The van der Waals surface area contributed by atoms with Crippen LogP contribution in [0.25, 0.3) is 0 Å². The number of nitrogens with zero attached hydrogens (tertiary/aromatic N) is 2. The first-order chi connectivity index (χ1) is 10.00. The molecule has 1 aliphatic carbocycles. The average molecular weight is 293 g/mol. The van der Waals surface area contributed by atoms with Crippen molar-refractivity contribution in [1.29, 1.82) is 0 Å². The molecule has 0 amide bonds. The van der Waals surface area contributed by atoms with Crippen LogP contribution in [0.2, 0.25) is 0 Å². The Morgan fingerprint density at radius 3 is 2.76 bits per heavy atom. The molecule has 0 unspecified atom stereocenters. The highest BCUT2D eigenvalue weighted by atomic mass is 16.5. The molecule has 1 aliphatic rings. The van der Waals surface area contributed by atoms with Gasteiger partial charge in [-0.25, -0.2) is 0 Å². The zero-order valence-corrected chi connectivity index (χ0v) is 14.1. The van der Waals surface area contributed by atoms with E-state index in [2.05, 4.69) is 49.3 Å². The molecule has 21 heavy (non-hydrogen) atoms. The van der Waals surface area contributed by atoms with E-state index in [1.807, 2.05) is 0 Å². The molecule has 120 valence electrons. The van der Waals surface area contributed by atoms with E-state index in [9.17, 15) is 0 Å². The van der Waals surface area contributed by atoms with Crippen molar-refractivity contribution in [2.75, 3.05) is 13.6 Å². The van der Waals surface area contributed by atoms with Crippen LogP contribution in [0.5, 0.6) is 0 Å². The molecule has 2 rings (SSSR count). The van der Waals surface area contributed by atoms with Gasteiger partial charge in [-0.1, -0.05) is 25.9 Å². The van der Waals surface area contributed by atoms with Crippen molar-refractivity contribution in [3.8, 4) is 0 Å². The number of nitrogens with one attached hydrogen (secondary N) is 1. The second kappa shape index (κ2) is 7.41. The molecule has 1 aromatic heterocycles. The number of hydrogen-bond donors (Lipinski definition) is 1. The largest absolute Gasteiger partial charge is 0.360 e. The van der Waals surface area contributed by atoms with E-state index in [1.54, 1.807) is 0 Å². The van der Waals surface area contributed by atoms with E-state index in [0.717, 1.165) is 37.5 Å². The van der Waals surface area contributed by atoms with E-state index in [1.165, 1.54) is 25.7 Å². The summed E-state index contributed by atoms with van der Waals surface area (Å²) in [4.78, 5) is 2.43. The maximum absolute atomic E-state index is 5.47. The van der Waals surface area contributed by atoms with Crippen molar-refractivity contribution in [2.24, 2.45) is 5.41 Å². The first kappa shape index (κ1) is 16.5. The smallest absolute Gasteiger partial charge is 0.151 e. The quantitative estimate of drug-likeness (QED) is 0.780. The Hall–Kier alpha value is -0.870. The van der Waals surface area contributed by atoms with Gasteiger partial charge in [-0.15, -0.1) is 0 Å². The van der Waals surface area contributed by atoms with Gasteiger partial charge < -0.3 is 9.84 Å². The van der Waals surface area contributed by atoms with Gasteiger partial charge >= 0.3 is 0 Å². The fourth-order valence-electron chi connectivity index (χ4n) is 3.11. The molecule has 4 heteroatoms. The number of hydrogen-bond acceptors (Lipinski definition) is 4. The van der Waals surface area contributed by atoms with E-state index in [-0.39, 0.29) is 0 Å². The van der Waals surface area contributed by atoms with Gasteiger partial charge in [-0.3, -0.25) is 4.90 Å². The van der Waals surface area contributed by atoms with Crippen LogP contribution in [0, 0.1) is 5.41 Å². The Labute approximate surface area is 129 Å². The molecule has 0 saturated heterocycles. The van der Waals surface area contributed by atoms with Gasteiger partial charge in [0.05, 0.1) is 12.2 Å². The summed E-state index contributed by atoms with van der Waals surface area (Å²) in [6.45, 7) is 9.64. The molecule has 1 N–H and O–H groups in total. The molecule has 0 atom stereocenters. The highest BCUT2D eigenvalue weighted by molar-refractivity contribution is 5.05. The van der Waals surface area contributed by atoms with Crippen LogP contribution in [-0.4, -0.2) is 29.7 Å². The highest BCUT2D eigenvalue weighted by Crippen LogP contribution is 2.36. The summed E-state index contributed by atoms with van der Waals surface area (Å²) in [5.41, 5.74) is 1.54. The molecular formula is C17H31N3O. The third kappa shape index (κ3) is 5.11. The lowest BCUT2D eigenvalue weighted by atomic mass is 9.75. The van der Waals surface area contributed by atoms with Gasteiger partial charge in [-0.2, -0.15) is 0 Å². The van der Waals surface area contributed by atoms with Crippen LogP contribution in [0.3, 0.4) is 0 Å². The lowest BCUT2D eigenvalue weighted by Crippen LogP contribution is -2.36. The highest BCUT2D eigenvalue weighted by Gasteiger charge is 2.29. The fourth-order valence-corrected chi connectivity index (χ4v) is 3.11.